The van der Waals surface area contributed by atoms with Gasteiger partial charge >= 0.3 is 21.6 Å². The van der Waals surface area contributed by atoms with Crippen molar-refractivity contribution in [3.8, 4) is 0 Å². The van der Waals surface area contributed by atoms with Gasteiger partial charge in [0.05, 0.1) is 6.61 Å². The van der Waals surface area contributed by atoms with Crippen molar-refractivity contribution in [3.05, 3.63) is 11.8 Å². The Morgan fingerprint density at radius 3 is 2.58 bits per heavy atom. The molecule has 1 saturated heterocycles. The third-order valence-corrected chi connectivity index (χ3v) is 4.88. The predicted molar refractivity (Wildman–Crippen MR) is 73.6 cm³/mol. The fraction of sp³-hybridized carbons (Fsp3) is 0.692. The Bertz CT molecular complexity index is 672. The van der Waals surface area contributed by atoms with Gasteiger partial charge in [0, 0.05) is 18.5 Å². The lowest BCUT2D eigenvalue weighted by molar-refractivity contribution is -0.154. The van der Waals surface area contributed by atoms with Crippen LogP contribution in [0.5, 0.6) is 0 Å². The molecule has 3 unspecified atom stereocenters. The molecule has 0 radical (unpaired) electrons. The van der Waals surface area contributed by atoms with Crippen LogP contribution in [0.15, 0.2) is 11.8 Å². The van der Waals surface area contributed by atoms with Crippen LogP contribution in [0.4, 0.5) is 13.2 Å². The second-order valence-corrected chi connectivity index (χ2v) is 7.15. The Morgan fingerprint density at radius 1 is 1.42 bits per heavy atom. The van der Waals surface area contributed by atoms with Crippen LogP contribution in [0.1, 0.15) is 26.7 Å². The van der Waals surface area contributed by atoms with E-state index in [0.717, 1.165) is 0 Å². The molecule has 2 aliphatic heterocycles. The summed E-state index contributed by atoms with van der Waals surface area (Å²) in [4.78, 5) is 25.4. The smallest absolute Gasteiger partial charge is 0.464 e. The Balaban J connectivity index is 2.22. The van der Waals surface area contributed by atoms with Crippen LogP contribution in [0.2, 0.25) is 0 Å². The van der Waals surface area contributed by atoms with Crippen LogP contribution in [-0.4, -0.2) is 49.4 Å². The van der Waals surface area contributed by atoms with Crippen molar-refractivity contribution in [3.63, 3.8) is 0 Å². The first-order chi connectivity index (χ1) is 11.0. The Hall–Kier alpha value is -1.78. The van der Waals surface area contributed by atoms with Gasteiger partial charge in [0.2, 0.25) is 0 Å². The lowest BCUT2D eigenvalue weighted by atomic mass is 10.0. The van der Waals surface area contributed by atoms with Crippen molar-refractivity contribution in [2.75, 3.05) is 6.61 Å². The second-order valence-electron chi connectivity index (χ2n) is 5.61. The second kappa shape index (κ2) is 6.26. The van der Waals surface area contributed by atoms with Crippen LogP contribution in [0.25, 0.3) is 0 Å². The average molecular weight is 371 g/mol. The minimum atomic E-state index is -5.83. The summed E-state index contributed by atoms with van der Waals surface area (Å²) >= 11 is 0. The van der Waals surface area contributed by atoms with Crippen LogP contribution in [0.3, 0.4) is 0 Å². The van der Waals surface area contributed by atoms with Gasteiger partial charge in [-0.15, -0.1) is 0 Å². The predicted octanol–water partition coefficient (Wildman–Crippen LogP) is 1.31. The largest absolute Gasteiger partial charge is 0.534 e. The molecule has 0 N–H and O–H groups in total. The van der Waals surface area contributed by atoms with E-state index in [1.165, 1.54) is 4.90 Å². The molecule has 2 aliphatic rings. The van der Waals surface area contributed by atoms with E-state index in [1.807, 2.05) is 0 Å². The fourth-order valence-electron chi connectivity index (χ4n) is 2.99. The molecule has 24 heavy (non-hydrogen) atoms. The number of esters is 1. The number of nitrogens with zero attached hydrogens (tertiary/aromatic N) is 1. The summed E-state index contributed by atoms with van der Waals surface area (Å²) in [6.07, 6.45) is 0.771. The molecule has 3 atom stereocenters. The van der Waals surface area contributed by atoms with Gasteiger partial charge in [-0.25, -0.2) is 4.79 Å². The molecule has 7 nitrogen and oxygen atoms in total. The Labute approximate surface area is 136 Å². The number of hydrogen-bond donors (Lipinski definition) is 0. The number of amides is 1. The molecular weight excluding hydrogens is 355 g/mol. The third kappa shape index (κ3) is 3.35. The number of rotatable bonds is 4. The average Bonchev–Trinajstić information content (AvgIpc) is 2.73. The fourth-order valence-corrected chi connectivity index (χ4v) is 3.49. The zero-order valence-electron chi connectivity index (χ0n) is 12.9. The van der Waals surface area contributed by atoms with Gasteiger partial charge < -0.3 is 13.8 Å². The summed E-state index contributed by atoms with van der Waals surface area (Å²) in [6, 6.07) is -1.47. The summed E-state index contributed by atoms with van der Waals surface area (Å²) in [5, 5.41) is 0. The molecule has 1 amide bonds. The molecule has 0 aromatic heterocycles. The third-order valence-electron chi connectivity index (χ3n) is 3.88. The molecule has 0 saturated carbocycles. The molecule has 0 bridgehead atoms. The molecule has 2 heterocycles. The zero-order chi connectivity index (χ0) is 18.3. The highest BCUT2D eigenvalue weighted by Gasteiger charge is 2.52. The molecule has 2 rings (SSSR count). The highest BCUT2D eigenvalue weighted by atomic mass is 32.2. The normalized spacial score (nSPS) is 27.5. The first kappa shape index (κ1) is 18.6. The SMILES string of the molecule is CCOC(=O)C1C(C)CC2CC(OS(=O)(=O)C(F)(F)F)=CC(=O)N21. The minimum absolute atomic E-state index is 0.128. The van der Waals surface area contributed by atoms with E-state index in [2.05, 4.69) is 4.18 Å². The van der Waals surface area contributed by atoms with Crippen LogP contribution in [-0.2, 0) is 28.6 Å². The van der Waals surface area contributed by atoms with Gasteiger partial charge in [-0.1, -0.05) is 6.92 Å². The number of hydrogen-bond acceptors (Lipinski definition) is 6. The number of halogens is 3. The van der Waals surface area contributed by atoms with Gasteiger partial charge in [-0.2, -0.15) is 21.6 Å². The summed E-state index contributed by atoms with van der Waals surface area (Å²) in [5.41, 5.74) is -5.58. The summed E-state index contributed by atoms with van der Waals surface area (Å²) in [7, 11) is -5.83. The van der Waals surface area contributed by atoms with Crippen LogP contribution in [0, 0.1) is 5.92 Å². The maximum atomic E-state index is 12.4. The highest BCUT2D eigenvalue weighted by molar-refractivity contribution is 7.87. The van der Waals surface area contributed by atoms with E-state index in [4.69, 9.17) is 4.74 Å². The van der Waals surface area contributed by atoms with E-state index in [-0.39, 0.29) is 18.9 Å². The molecular formula is C13H16F3NO6S. The number of carbonyl (C=O) groups excluding carboxylic acids is 2. The van der Waals surface area contributed by atoms with E-state index >= 15 is 0 Å². The summed E-state index contributed by atoms with van der Waals surface area (Å²) in [6.45, 7) is 3.45. The number of alkyl halides is 3. The summed E-state index contributed by atoms with van der Waals surface area (Å²) < 4.78 is 68.2. The maximum absolute atomic E-state index is 12.4. The lowest BCUT2D eigenvalue weighted by Gasteiger charge is -2.32. The van der Waals surface area contributed by atoms with E-state index in [1.54, 1.807) is 13.8 Å². The molecule has 1 fully saturated rings. The molecule has 136 valence electrons. The van der Waals surface area contributed by atoms with Gasteiger partial charge in [0.15, 0.2) is 0 Å². The van der Waals surface area contributed by atoms with E-state index < -0.39 is 45.3 Å². The summed E-state index contributed by atoms with van der Waals surface area (Å²) in [5.74, 6) is -2.23. The topological polar surface area (TPSA) is 90.0 Å². The minimum Gasteiger partial charge on any atom is -0.464 e. The van der Waals surface area contributed by atoms with Gasteiger partial charge in [-0.05, 0) is 19.3 Å². The van der Waals surface area contributed by atoms with Gasteiger partial charge in [0.25, 0.3) is 5.91 Å². The van der Waals surface area contributed by atoms with Crippen molar-refractivity contribution in [1.82, 2.24) is 4.90 Å². The van der Waals surface area contributed by atoms with Gasteiger partial charge in [0.1, 0.15) is 11.8 Å². The number of ether oxygens (including phenoxy) is 1. The van der Waals surface area contributed by atoms with Crippen molar-refractivity contribution in [2.24, 2.45) is 5.92 Å². The number of fused-ring (bicyclic) bond motifs is 1. The van der Waals surface area contributed by atoms with Crippen molar-refractivity contribution in [1.29, 1.82) is 0 Å². The van der Waals surface area contributed by atoms with Crippen molar-refractivity contribution in [2.45, 2.75) is 44.3 Å². The van der Waals surface area contributed by atoms with Crippen LogP contribution < -0.4 is 0 Å². The molecule has 11 heteroatoms. The molecule has 0 aliphatic carbocycles. The maximum Gasteiger partial charge on any atom is 0.534 e. The first-order valence-corrected chi connectivity index (χ1v) is 8.59. The molecule has 0 aromatic rings. The monoisotopic (exact) mass is 371 g/mol. The highest BCUT2D eigenvalue weighted by Crippen LogP contribution is 2.38. The van der Waals surface area contributed by atoms with Crippen molar-refractivity contribution < 1.29 is 40.1 Å². The zero-order valence-corrected chi connectivity index (χ0v) is 13.7. The van der Waals surface area contributed by atoms with Gasteiger partial charge in [-0.3, -0.25) is 4.79 Å². The molecule has 0 aromatic carbocycles. The van der Waals surface area contributed by atoms with E-state index in [0.29, 0.717) is 12.5 Å². The van der Waals surface area contributed by atoms with Crippen LogP contribution >= 0.6 is 0 Å². The quantitative estimate of drug-likeness (QED) is 0.421. The Kier molecular flexibility index (Phi) is 4.84. The lowest BCUT2D eigenvalue weighted by Crippen LogP contribution is -2.48. The Morgan fingerprint density at radius 2 is 2.04 bits per heavy atom. The first-order valence-electron chi connectivity index (χ1n) is 7.18. The standard InChI is InChI=1S/C13H16F3NO6S/c1-3-22-12(19)11-7(2)4-8-5-9(6-10(18)17(8)11)23-24(20,21)13(14,15)16/h6-8,11H,3-5H2,1-2H3. The van der Waals surface area contributed by atoms with E-state index in [9.17, 15) is 31.2 Å². The number of carbonyl (C=O) groups is 2. The van der Waals surface area contributed by atoms with Crippen molar-refractivity contribution >= 4 is 22.0 Å². The molecule has 0 spiro atoms.